The van der Waals surface area contributed by atoms with Crippen LogP contribution in [0, 0.1) is 0 Å². The monoisotopic (exact) mass is 747 g/mol. The maximum absolute atomic E-state index is 13.9. The van der Waals surface area contributed by atoms with E-state index in [-0.39, 0.29) is 37.1 Å². The van der Waals surface area contributed by atoms with Crippen molar-refractivity contribution in [2.24, 2.45) is 9.98 Å². The van der Waals surface area contributed by atoms with Gasteiger partial charge in [0, 0.05) is 55.3 Å². The Morgan fingerprint density at radius 3 is 1.50 bits per heavy atom. The third-order valence-electron chi connectivity index (χ3n) is 10.7. The molecule has 0 aliphatic carbocycles. The molecule has 0 fully saturated rings. The summed E-state index contributed by atoms with van der Waals surface area (Å²) in [7, 11) is 7.19. The summed E-state index contributed by atoms with van der Waals surface area (Å²) in [5, 5.41) is 0. The van der Waals surface area contributed by atoms with Gasteiger partial charge >= 0.3 is 0 Å². The fourth-order valence-corrected chi connectivity index (χ4v) is 8.16. The average Bonchev–Trinajstić information content (AvgIpc) is 3.69. The first kappa shape index (κ1) is 35.3. The quantitative estimate of drug-likeness (QED) is 0.146. The predicted molar refractivity (Wildman–Crippen MR) is 216 cm³/mol. The second-order valence-electron chi connectivity index (χ2n) is 14.7. The minimum atomic E-state index is -0.153. The van der Waals surface area contributed by atoms with Gasteiger partial charge in [-0.05, 0) is 72.2 Å². The maximum Gasteiger partial charge on any atom is 0.261 e. The molecule has 0 bridgehead atoms. The van der Waals surface area contributed by atoms with E-state index in [0.29, 0.717) is 52.0 Å². The molecular weight excluding hydrogens is 707 g/mol. The molecular formula is C45H41N5O6. The summed E-state index contributed by atoms with van der Waals surface area (Å²) in [5.41, 5.74) is 9.04. The summed E-state index contributed by atoms with van der Waals surface area (Å²) in [5.74, 6) is 1.65. The lowest BCUT2D eigenvalue weighted by molar-refractivity contribution is 0.0978. The number of carbonyl (C=O) groups is 2. The van der Waals surface area contributed by atoms with E-state index in [1.54, 1.807) is 38.5 Å². The molecule has 9 rings (SSSR count). The number of benzene rings is 5. The molecule has 2 amide bonds. The van der Waals surface area contributed by atoms with Crippen LogP contribution in [0.15, 0.2) is 101 Å². The van der Waals surface area contributed by atoms with Gasteiger partial charge in [0.25, 0.3) is 11.8 Å². The first-order valence-electron chi connectivity index (χ1n) is 18.7. The van der Waals surface area contributed by atoms with Crippen LogP contribution in [-0.2, 0) is 32.6 Å². The van der Waals surface area contributed by atoms with E-state index < -0.39 is 0 Å². The Labute approximate surface area is 325 Å². The third-order valence-corrected chi connectivity index (χ3v) is 10.7. The largest absolute Gasteiger partial charge is 0.493 e. The molecule has 0 saturated carbocycles. The van der Waals surface area contributed by atoms with E-state index >= 15 is 0 Å². The number of hydrogen-bond acceptors (Lipinski definition) is 9. The average molecular weight is 748 g/mol. The topological polar surface area (TPSA) is 106 Å². The van der Waals surface area contributed by atoms with Gasteiger partial charge in [-0.25, -0.2) is 0 Å². The minimum Gasteiger partial charge on any atom is -0.493 e. The molecule has 5 aromatic carbocycles. The number of rotatable bonds is 10. The lowest BCUT2D eigenvalue weighted by atomic mass is 10.1. The van der Waals surface area contributed by atoms with Gasteiger partial charge in [-0.3, -0.25) is 29.4 Å². The van der Waals surface area contributed by atoms with Crippen LogP contribution < -0.4 is 28.7 Å². The van der Waals surface area contributed by atoms with Gasteiger partial charge in [-0.2, -0.15) is 0 Å². The maximum atomic E-state index is 13.9. The molecule has 0 radical (unpaired) electrons. The molecule has 56 heavy (non-hydrogen) atoms. The van der Waals surface area contributed by atoms with Crippen molar-refractivity contribution in [3.05, 3.63) is 130 Å². The molecule has 11 heteroatoms. The molecule has 282 valence electrons. The van der Waals surface area contributed by atoms with E-state index in [0.717, 1.165) is 52.0 Å². The molecule has 4 aliphatic rings. The highest BCUT2D eigenvalue weighted by Crippen LogP contribution is 2.43. The van der Waals surface area contributed by atoms with Crippen LogP contribution in [0.2, 0.25) is 0 Å². The zero-order valence-corrected chi connectivity index (χ0v) is 31.7. The van der Waals surface area contributed by atoms with E-state index in [2.05, 4.69) is 29.2 Å². The molecule has 0 spiro atoms. The van der Waals surface area contributed by atoms with Crippen LogP contribution in [0.5, 0.6) is 23.0 Å². The first-order chi connectivity index (χ1) is 27.3. The molecule has 4 aliphatic heterocycles. The first-order valence-corrected chi connectivity index (χ1v) is 18.7. The summed E-state index contributed by atoms with van der Waals surface area (Å²) < 4.78 is 24.3. The normalized spacial score (nSPS) is 17.4. The number of fused-ring (bicyclic) bond motifs is 8. The number of hydrogen-bond donors (Lipinski definition) is 0. The van der Waals surface area contributed by atoms with Gasteiger partial charge in [-0.15, -0.1) is 0 Å². The predicted octanol–water partition coefficient (Wildman–Crippen LogP) is 7.50. The standard InChI is InChI=1S/C45H41N5O6/c1-48(2)24-27-13-28(25-55-42-20-36-34(18-40(42)53-3)44(51)49-32(22-46-36)16-30-9-5-7-11-38(30)49)15-29(14-27)26-56-43-21-37-35(19-41(43)54-4)45(52)50-33(23-47-37)17-31-10-6-8-12-39(31)50/h5-15,18-23,32-33H,16-17,24-26H2,1-4H3/t32-,33?/m0/s1. The molecule has 1 unspecified atom stereocenters. The van der Waals surface area contributed by atoms with Crippen molar-refractivity contribution < 1.29 is 28.5 Å². The Balaban J connectivity index is 0.955. The lowest BCUT2D eigenvalue weighted by Crippen LogP contribution is -2.37. The minimum absolute atomic E-state index is 0.117. The third kappa shape index (κ3) is 6.33. The van der Waals surface area contributed by atoms with E-state index in [9.17, 15) is 9.59 Å². The van der Waals surface area contributed by atoms with Crippen LogP contribution in [-0.4, -0.2) is 69.5 Å². The van der Waals surface area contributed by atoms with Crippen LogP contribution >= 0.6 is 0 Å². The summed E-state index contributed by atoms with van der Waals surface area (Å²) in [6, 6.07) is 28.9. The zero-order chi connectivity index (χ0) is 38.5. The molecule has 5 aromatic rings. The second kappa shape index (κ2) is 14.3. The Bertz CT molecular complexity index is 2300. The van der Waals surface area contributed by atoms with Gasteiger partial charge in [0.15, 0.2) is 23.0 Å². The van der Waals surface area contributed by atoms with Crippen LogP contribution in [0.3, 0.4) is 0 Å². The highest BCUT2D eigenvalue weighted by Gasteiger charge is 2.38. The lowest BCUT2D eigenvalue weighted by Gasteiger charge is -2.22. The van der Waals surface area contributed by atoms with Gasteiger partial charge in [0.2, 0.25) is 0 Å². The second-order valence-corrected chi connectivity index (χ2v) is 14.7. The number of carbonyl (C=O) groups excluding carboxylic acids is 2. The highest BCUT2D eigenvalue weighted by molar-refractivity contribution is 6.15. The van der Waals surface area contributed by atoms with Gasteiger partial charge in [-0.1, -0.05) is 48.5 Å². The number of methoxy groups -OCH3 is 2. The molecule has 0 N–H and O–H groups in total. The van der Waals surface area contributed by atoms with Crippen LogP contribution in [0.1, 0.15) is 48.5 Å². The van der Waals surface area contributed by atoms with Crippen molar-refractivity contribution in [2.75, 3.05) is 38.1 Å². The van der Waals surface area contributed by atoms with E-state index in [1.165, 1.54) is 0 Å². The number of ether oxygens (including phenoxy) is 4. The van der Waals surface area contributed by atoms with Crippen molar-refractivity contribution in [1.29, 1.82) is 0 Å². The number of nitrogens with zero attached hydrogens (tertiary/aromatic N) is 5. The fraction of sp³-hybridized carbons (Fsp3) is 0.244. The fourth-order valence-electron chi connectivity index (χ4n) is 8.16. The van der Waals surface area contributed by atoms with Crippen molar-refractivity contribution in [3.8, 4) is 23.0 Å². The SMILES string of the molecule is COc1cc2c(cc1OCc1cc(COc3cc4c(cc3OC)C(=O)N3c5ccccc5C[C@H]3C=N4)cc(CN(C)C)c1)N=CC1Cc3ccccc3N1C2=O. The zero-order valence-electron chi connectivity index (χ0n) is 31.7. The number of aliphatic imine (C=N–C) groups is 2. The summed E-state index contributed by atoms with van der Waals surface area (Å²) in [4.78, 5) is 43.0. The molecule has 11 nitrogen and oxygen atoms in total. The van der Waals surface area contributed by atoms with Crippen molar-refractivity contribution in [1.82, 2.24) is 4.90 Å². The van der Waals surface area contributed by atoms with Crippen molar-refractivity contribution >= 4 is 47.0 Å². The Morgan fingerprint density at radius 1 is 0.607 bits per heavy atom. The Kier molecular flexibility index (Phi) is 9.01. The van der Waals surface area contributed by atoms with Crippen molar-refractivity contribution in [3.63, 3.8) is 0 Å². The summed E-state index contributed by atoms with van der Waals surface area (Å²) >= 11 is 0. The van der Waals surface area contributed by atoms with Gasteiger partial charge < -0.3 is 23.8 Å². The van der Waals surface area contributed by atoms with Crippen LogP contribution in [0.4, 0.5) is 22.7 Å². The number of amides is 2. The molecule has 0 saturated heterocycles. The number of para-hydroxylation sites is 2. The summed E-state index contributed by atoms with van der Waals surface area (Å²) in [6.45, 7) is 1.19. The Hall–Kier alpha value is -6.46. The Morgan fingerprint density at radius 2 is 1.05 bits per heavy atom. The van der Waals surface area contributed by atoms with E-state index in [4.69, 9.17) is 28.9 Å². The van der Waals surface area contributed by atoms with Gasteiger partial charge in [0.05, 0.1) is 48.8 Å². The highest BCUT2D eigenvalue weighted by atomic mass is 16.5. The van der Waals surface area contributed by atoms with Crippen LogP contribution in [0.25, 0.3) is 0 Å². The number of anilines is 2. The molecule has 2 atom stereocenters. The smallest absolute Gasteiger partial charge is 0.261 e. The summed E-state index contributed by atoms with van der Waals surface area (Å²) in [6.07, 6.45) is 5.14. The van der Waals surface area contributed by atoms with E-state index in [1.807, 2.05) is 78.8 Å². The molecule has 0 aromatic heterocycles. The van der Waals surface area contributed by atoms with Crippen molar-refractivity contribution in [2.45, 2.75) is 44.7 Å². The molecule has 4 heterocycles. The van der Waals surface area contributed by atoms with Gasteiger partial charge in [0.1, 0.15) is 13.2 Å².